The van der Waals surface area contributed by atoms with Crippen LogP contribution in [0, 0.1) is 11.7 Å². The Hall–Kier alpha value is -2.27. The van der Waals surface area contributed by atoms with Crippen molar-refractivity contribution in [3.05, 3.63) is 57.9 Å². The van der Waals surface area contributed by atoms with E-state index in [0.717, 1.165) is 11.1 Å². The fourth-order valence-electron chi connectivity index (χ4n) is 3.24. The summed E-state index contributed by atoms with van der Waals surface area (Å²) in [6.07, 6.45) is 1.03. The molecule has 144 valence electrons. The van der Waals surface area contributed by atoms with Gasteiger partial charge in [0.1, 0.15) is 29.5 Å². The first kappa shape index (κ1) is 19.5. The van der Waals surface area contributed by atoms with E-state index in [1.54, 1.807) is 25.1 Å². The standard InChI is InChI=1S/C21H22ClFO4/c1-12(20(24)25)6-13-4-5-18(17(22)7-13)26-11-15-9-16(23)8-14-10-21(2,3)27-19(14)15/h4-5,7-9,12H,6,10-11H2,1-3H3,(H,24,25). The summed E-state index contributed by atoms with van der Waals surface area (Å²) < 4.78 is 25.7. The average Bonchev–Trinajstić information content (AvgIpc) is 2.87. The second kappa shape index (κ2) is 7.39. The Morgan fingerprint density at radius 3 is 2.78 bits per heavy atom. The Morgan fingerprint density at radius 1 is 1.37 bits per heavy atom. The van der Waals surface area contributed by atoms with Gasteiger partial charge in [0, 0.05) is 17.5 Å². The highest BCUT2D eigenvalue weighted by Crippen LogP contribution is 2.39. The van der Waals surface area contributed by atoms with Crippen LogP contribution in [-0.2, 0) is 24.2 Å². The number of hydrogen-bond donors (Lipinski definition) is 1. The van der Waals surface area contributed by atoms with Gasteiger partial charge in [-0.15, -0.1) is 0 Å². The lowest BCUT2D eigenvalue weighted by Crippen LogP contribution is -2.25. The van der Waals surface area contributed by atoms with Gasteiger partial charge in [0.05, 0.1) is 10.9 Å². The smallest absolute Gasteiger partial charge is 0.306 e. The molecule has 4 nitrogen and oxygen atoms in total. The molecule has 1 atom stereocenters. The molecule has 1 aliphatic heterocycles. The summed E-state index contributed by atoms with van der Waals surface area (Å²) in [5.41, 5.74) is 1.92. The molecule has 1 heterocycles. The van der Waals surface area contributed by atoms with Gasteiger partial charge in [-0.25, -0.2) is 4.39 Å². The van der Waals surface area contributed by atoms with E-state index < -0.39 is 11.9 Å². The van der Waals surface area contributed by atoms with E-state index in [0.29, 0.717) is 34.9 Å². The first-order chi connectivity index (χ1) is 12.6. The van der Waals surface area contributed by atoms with E-state index in [-0.39, 0.29) is 18.0 Å². The number of carboxylic acid groups (broad SMARTS) is 1. The van der Waals surface area contributed by atoms with Gasteiger partial charge in [0.2, 0.25) is 0 Å². The van der Waals surface area contributed by atoms with E-state index in [1.807, 2.05) is 13.8 Å². The van der Waals surface area contributed by atoms with Crippen LogP contribution in [0.1, 0.15) is 37.5 Å². The molecule has 0 bridgehead atoms. The van der Waals surface area contributed by atoms with Gasteiger partial charge < -0.3 is 14.6 Å². The molecule has 0 amide bonds. The van der Waals surface area contributed by atoms with Gasteiger partial charge >= 0.3 is 5.97 Å². The zero-order valence-corrected chi connectivity index (χ0v) is 16.3. The maximum absolute atomic E-state index is 13.9. The quantitative estimate of drug-likeness (QED) is 0.748. The van der Waals surface area contributed by atoms with Crippen molar-refractivity contribution in [2.24, 2.45) is 5.92 Å². The van der Waals surface area contributed by atoms with Crippen molar-refractivity contribution in [3.63, 3.8) is 0 Å². The Kier molecular flexibility index (Phi) is 5.33. The first-order valence-electron chi connectivity index (χ1n) is 8.79. The largest absolute Gasteiger partial charge is 0.487 e. The van der Waals surface area contributed by atoms with Crippen molar-refractivity contribution < 1.29 is 23.8 Å². The molecule has 2 aromatic carbocycles. The first-order valence-corrected chi connectivity index (χ1v) is 9.17. The van der Waals surface area contributed by atoms with Crippen molar-refractivity contribution in [1.29, 1.82) is 0 Å². The zero-order chi connectivity index (χ0) is 19.8. The van der Waals surface area contributed by atoms with Crippen LogP contribution < -0.4 is 9.47 Å². The molecule has 0 saturated carbocycles. The van der Waals surface area contributed by atoms with E-state index in [1.165, 1.54) is 12.1 Å². The van der Waals surface area contributed by atoms with Gasteiger partial charge in [-0.1, -0.05) is 24.6 Å². The van der Waals surface area contributed by atoms with Gasteiger partial charge in [-0.3, -0.25) is 4.79 Å². The number of halogens is 2. The molecule has 1 aliphatic rings. The summed E-state index contributed by atoms with van der Waals surface area (Å²) in [7, 11) is 0. The molecule has 0 saturated heterocycles. The average molecular weight is 393 g/mol. The van der Waals surface area contributed by atoms with Crippen molar-refractivity contribution in [3.8, 4) is 11.5 Å². The lowest BCUT2D eigenvalue weighted by Gasteiger charge is -2.18. The Morgan fingerprint density at radius 2 is 2.11 bits per heavy atom. The van der Waals surface area contributed by atoms with Gasteiger partial charge in [-0.2, -0.15) is 0 Å². The van der Waals surface area contributed by atoms with Gasteiger partial charge in [0.15, 0.2) is 0 Å². The summed E-state index contributed by atoms with van der Waals surface area (Å²) in [6.45, 7) is 5.69. The minimum absolute atomic E-state index is 0.126. The van der Waals surface area contributed by atoms with Crippen LogP contribution in [0.5, 0.6) is 11.5 Å². The van der Waals surface area contributed by atoms with E-state index in [2.05, 4.69) is 0 Å². The fraction of sp³-hybridized carbons (Fsp3) is 0.381. The van der Waals surface area contributed by atoms with Crippen molar-refractivity contribution in [1.82, 2.24) is 0 Å². The number of rotatable bonds is 6. The summed E-state index contributed by atoms with van der Waals surface area (Å²) >= 11 is 6.27. The molecule has 0 aliphatic carbocycles. The summed E-state index contributed by atoms with van der Waals surface area (Å²) in [6, 6.07) is 8.11. The zero-order valence-electron chi connectivity index (χ0n) is 15.5. The highest BCUT2D eigenvalue weighted by Gasteiger charge is 2.32. The molecular weight excluding hydrogens is 371 g/mol. The second-order valence-corrected chi connectivity index (χ2v) is 8.00. The third-order valence-corrected chi connectivity index (χ3v) is 4.84. The lowest BCUT2D eigenvalue weighted by atomic mass is 10.0. The van der Waals surface area contributed by atoms with Crippen LogP contribution in [0.3, 0.4) is 0 Å². The van der Waals surface area contributed by atoms with Gasteiger partial charge in [-0.05, 0) is 50.1 Å². The Labute approximate surface area is 162 Å². The predicted octanol–water partition coefficient (Wildman–Crippen LogP) is 5.03. The van der Waals surface area contributed by atoms with E-state index in [9.17, 15) is 9.18 Å². The number of fused-ring (bicyclic) bond motifs is 1. The van der Waals surface area contributed by atoms with Crippen LogP contribution in [-0.4, -0.2) is 16.7 Å². The maximum atomic E-state index is 13.9. The molecule has 1 N–H and O–H groups in total. The molecule has 0 spiro atoms. The lowest BCUT2D eigenvalue weighted by molar-refractivity contribution is -0.141. The fourth-order valence-corrected chi connectivity index (χ4v) is 3.49. The summed E-state index contributed by atoms with van der Waals surface area (Å²) in [5.74, 6) is -0.543. The number of aliphatic carboxylic acids is 1. The van der Waals surface area contributed by atoms with E-state index >= 15 is 0 Å². The Balaban J connectivity index is 1.74. The van der Waals surface area contributed by atoms with Crippen LogP contribution in [0.15, 0.2) is 30.3 Å². The number of hydrogen-bond acceptors (Lipinski definition) is 3. The molecule has 1 unspecified atom stereocenters. The van der Waals surface area contributed by atoms with Crippen LogP contribution >= 0.6 is 11.6 Å². The SMILES string of the molecule is CC(Cc1ccc(OCc2cc(F)cc3c2OC(C)(C)C3)c(Cl)c1)C(=O)O. The third kappa shape index (κ3) is 4.53. The van der Waals surface area contributed by atoms with Crippen molar-refractivity contribution >= 4 is 17.6 Å². The molecule has 0 radical (unpaired) electrons. The molecule has 27 heavy (non-hydrogen) atoms. The predicted molar refractivity (Wildman–Crippen MR) is 101 cm³/mol. The minimum Gasteiger partial charge on any atom is -0.487 e. The molecule has 0 aromatic heterocycles. The number of carbonyl (C=O) groups is 1. The second-order valence-electron chi connectivity index (χ2n) is 7.59. The highest BCUT2D eigenvalue weighted by molar-refractivity contribution is 6.32. The molecule has 3 rings (SSSR count). The molecular formula is C21H22ClFO4. The van der Waals surface area contributed by atoms with Crippen LogP contribution in [0.4, 0.5) is 4.39 Å². The molecule has 6 heteroatoms. The highest BCUT2D eigenvalue weighted by atomic mass is 35.5. The summed E-state index contributed by atoms with van der Waals surface area (Å²) in [5, 5.41) is 9.40. The van der Waals surface area contributed by atoms with Crippen LogP contribution in [0.25, 0.3) is 0 Å². The molecule has 2 aromatic rings. The monoisotopic (exact) mass is 392 g/mol. The normalized spacial score (nSPS) is 15.7. The van der Waals surface area contributed by atoms with Crippen molar-refractivity contribution in [2.45, 2.75) is 45.8 Å². The molecule has 0 fully saturated rings. The third-order valence-electron chi connectivity index (χ3n) is 4.54. The maximum Gasteiger partial charge on any atom is 0.306 e. The summed E-state index contributed by atoms with van der Waals surface area (Å²) in [4.78, 5) is 11.0. The van der Waals surface area contributed by atoms with Gasteiger partial charge in [0.25, 0.3) is 0 Å². The number of benzene rings is 2. The van der Waals surface area contributed by atoms with E-state index in [4.69, 9.17) is 26.2 Å². The topological polar surface area (TPSA) is 55.8 Å². The van der Waals surface area contributed by atoms with Crippen molar-refractivity contribution in [2.75, 3.05) is 0 Å². The van der Waals surface area contributed by atoms with Crippen LogP contribution in [0.2, 0.25) is 5.02 Å². The number of carboxylic acids is 1. The Bertz CT molecular complexity index is 879. The number of ether oxygens (including phenoxy) is 2. The minimum atomic E-state index is -0.852.